The van der Waals surface area contributed by atoms with Crippen molar-refractivity contribution in [3.8, 4) is 0 Å². The first kappa shape index (κ1) is 30.8. The fourth-order valence-corrected chi connectivity index (χ4v) is 3.12. The van der Waals surface area contributed by atoms with E-state index in [1.807, 2.05) is 0 Å². The molecule has 12 N–H and O–H groups in total. The van der Waals surface area contributed by atoms with Crippen molar-refractivity contribution in [2.24, 2.45) is 22.2 Å². The third kappa shape index (κ3) is 11.8. The van der Waals surface area contributed by atoms with Gasteiger partial charge in [-0.15, -0.1) is 0 Å². The van der Waals surface area contributed by atoms with Crippen molar-refractivity contribution in [3.63, 3.8) is 0 Å². The van der Waals surface area contributed by atoms with Crippen molar-refractivity contribution >= 4 is 35.6 Å². The number of hydrogen-bond acceptors (Lipinski definition) is 8. The molecule has 0 aliphatic heterocycles. The molecule has 4 unspecified atom stereocenters. The van der Waals surface area contributed by atoms with Crippen LogP contribution in [-0.4, -0.2) is 88.3 Å². The molecule has 1 aromatic carbocycles. The number of nitrogens with one attached hydrogen (secondary N) is 3. The smallest absolute Gasteiger partial charge is 0.326 e. The topological polar surface area (TPSA) is 273 Å². The molecule has 0 bridgehead atoms. The van der Waals surface area contributed by atoms with Crippen molar-refractivity contribution in [1.82, 2.24) is 16.0 Å². The van der Waals surface area contributed by atoms with Crippen LogP contribution in [0, 0.1) is 0 Å². The van der Waals surface area contributed by atoms with E-state index < -0.39 is 66.9 Å². The SMILES string of the molecule is NC(N)=NCCCC(NC(=O)C(CO)NC(=O)C(Cc1ccccc1)NC(=O)C(N)CC(=O)O)C(=O)O. The van der Waals surface area contributed by atoms with Gasteiger partial charge in [-0.05, 0) is 18.4 Å². The van der Waals surface area contributed by atoms with Gasteiger partial charge in [-0.1, -0.05) is 30.3 Å². The maximum atomic E-state index is 13.0. The normalized spacial score (nSPS) is 13.8. The van der Waals surface area contributed by atoms with Crippen LogP contribution in [0.2, 0.25) is 0 Å². The van der Waals surface area contributed by atoms with E-state index in [1.54, 1.807) is 30.3 Å². The summed E-state index contributed by atoms with van der Waals surface area (Å²) >= 11 is 0. The molecule has 0 heterocycles. The van der Waals surface area contributed by atoms with Crippen LogP contribution in [0.1, 0.15) is 24.8 Å². The molecule has 0 aromatic heterocycles. The van der Waals surface area contributed by atoms with E-state index in [9.17, 15) is 34.2 Å². The number of carbonyl (C=O) groups is 5. The third-order valence-corrected chi connectivity index (χ3v) is 5.02. The molecule has 1 rings (SSSR count). The summed E-state index contributed by atoms with van der Waals surface area (Å²) in [6.45, 7) is -0.741. The number of aliphatic carboxylic acids is 2. The first-order valence-corrected chi connectivity index (χ1v) is 11.3. The molecule has 37 heavy (non-hydrogen) atoms. The summed E-state index contributed by atoms with van der Waals surface area (Å²) in [5, 5.41) is 34.8. The minimum atomic E-state index is -1.55. The van der Waals surface area contributed by atoms with E-state index in [4.69, 9.17) is 22.3 Å². The number of aliphatic hydroxyl groups is 1. The number of hydrogen-bond donors (Lipinski definition) is 9. The fraction of sp³-hybridized carbons (Fsp3) is 0.455. The summed E-state index contributed by atoms with van der Waals surface area (Å²) in [4.78, 5) is 64.0. The summed E-state index contributed by atoms with van der Waals surface area (Å²) in [5.74, 6) is -5.58. The maximum Gasteiger partial charge on any atom is 0.326 e. The lowest BCUT2D eigenvalue weighted by molar-refractivity contribution is -0.142. The van der Waals surface area contributed by atoms with Gasteiger partial charge in [-0.3, -0.25) is 24.2 Å². The predicted molar refractivity (Wildman–Crippen MR) is 131 cm³/mol. The van der Waals surface area contributed by atoms with Crippen LogP contribution < -0.4 is 33.2 Å². The van der Waals surface area contributed by atoms with Crippen molar-refractivity contribution in [3.05, 3.63) is 35.9 Å². The average molecular weight is 524 g/mol. The lowest BCUT2D eigenvalue weighted by atomic mass is 10.0. The molecule has 0 saturated carbocycles. The van der Waals surface area contributed by atoms with Crippen LogP contribution in [0.5, 0.6) is 0 Å². The Morgan fingerprint density at radius 2 is 1.43 bits per heavy atom. The lowest BCUT2D eigenvalue weighted by Gasteiger charge is -2.24. The molecule has 204 valence electrons. The molecule has 15 heteroatoms. The number of carboxylic acid groups (broad SMARTS) is 2. The van der Waals surface area contributed by atoms with E-state index in [1.165, 1.54) is 0 Å². The van der Waals surface area contributed by atoms with Crippen LogP contribution >= 0.6 is 0 Å². The molecule has 4 atom stereocenters. The summed E-state index contributed by atoms with van der Waals surface area (Å²) < 4.78 is 0. The van der Waals surface area contributed by atoms with E-state index in [0.717, 1.165) is 0 Å². The number of aliphatic imine (C=N–C) groups is 1. The zero-order chi connectivity index (χ0) is 28.0. The fourth-order valence-electron chi connectivity index (χ4n) is 3.12. The van der Waals surface area contributed by atoms with Gasteiger partial charge >= 0.3 is 11.9 Å². The van der Waals surface area contributed by atoms with Gasteiger partial charge in [0.2, 0.25) is 17.7 Å². The summed E-state index contributed by atoms with van der Waals surface area (Å²) in [6.07, 6.45) is -0.515. The van der Waals surface area contributed by atoms with Gasteiger partial charge in [-0.25, -0.2) is 4.79 Å². The van der Waals surface area contributed by atoms with E-state index in [2.05, 4.69) is 20.9 Å². The van der Waals surface area contributed by atoms with Crippen LogP contribution in [-0.2, 0) is 30.4 Å². The molecule has 0 saturated heterocycles. The first-order chi connectivity index (χ1) is 17.4. The average Bonchev–Trinajstić information content (AvgIpc) is 2.83. The number of carboxylic acids is 2. The van der Waals surface area contributed by atoms with Gasteiger partial charge in [0.05, 0.1) is 19.1 Å². The number of aliphatic hydroxyl groups excluding tert-OH is 1. The Hall–Kier alpha value is -4.24. The maximum absolute atomic E-state index is 13.0. The Kier molecular flexibility index (Phi) is 13.1. The second kappa shape index (κ2) is 15.7. The number of guanidine groups is 1. The van der Waals surface area contributed by atoms with Gasteiger partial charge in [0.25, 0.3) is 0 Å². The van der Waals surface area contributed by atoms with Gasteiger partial charge in [-0.2, -0.15) is 0 Å². The minimum absolute atomic E-state index is 0.0297. The number of amides is 3. The van der Waals surface area contributed by atoms with Crippen molar-refractivity contribution < 1.29 is 39.3 Å². The highest BCUT2D eigenvalue weighted by atomic mass is 16.4. The van der Waals surface area contributed by atoms with Crippen molar-refractivity contribution in [2.45, 2.75) is 49.9 Å². The predicted octanol–water partition coefficient (Wildman–Crippen LogP) is -3.38. The highest BCUT2D eigenvalue weighted by molar-refractivity contribution is 5.95. The van der Waals surface area contributed by atoms with Gasteiger partial charge in [0, 0.05) is 13.0 Å². The number of nitrogens with two attached hydrogens (primary N) is 3. The Labute approximate surface area is 212 Å². The molecule has 0 aliphatic carbocycles. The highest BCUT2D eigenvalue weighted by Crippen LogP contribution is 2.06. The molecule has 1 aromatic rings. The molecule has 0 fully saturated rings. The summed E-state index contributed by atoms with van der Waals surface area (Å²) in [7, 11) is 0. The molecule has 0 spiro atoms. The van der Waals surface area contributed by atoms with Crippen LogP contribution in [0.3, 0.4) is 0 Å². The summed E-state index contributed by atoms with van der Waals surface area (Å²) in [6, 6.07) is 2.89. The first-order valence-electron chi connectivity index (χ1n) is 11.3. The number of benzene rings is 1. The number of nitrogens with zero attached hydrogens (tertiary/aromatic N) is 1. The molecule has 3 amide bonds. The molecule has 0 radical (unpaired) electrons. The zero-order valence-electron chi connectivity index (χ0n) is 20.0. The van der Waals surface area contributed by atoms with Crippen LogP contribution in [0.15, 0.2) is 35.3 Å². The largest absolute Gasteiger partial charge is 0.481 e. The summed E-state index contributed by atoms with van der Waals surface area (Å²) in [5.41, 5.74) is 16.6. The van der Waals surface area contributed by atoms with E-state index in [0.29, 0.717) is 5.56 Å². The second-order valence-electron chi connectivity index (χ2n) is 8.05. The Balaban J connectivity index is 2.93. The van der Waals surface area contributed by atoms with Crippen molar-refractivity contribution in [2.75, 3.05) is 13.2 Å². The highest BCUT2D eigenvalue weighted by Gasteiger charge is 2.30. The third-order valence-electron chi connectivity index (χ3n) is 5.02. The van der Waals surface area contributed by atoms with Gasteiger partial charge < -0.3 is 48.5 Å². The molecule has 0 aliphatic rings. The molecule has 15 nitrogen and oxygen atoms in total. The van der Waals surface area contributed by atoms with E-state index in [-0.39, 0.29) is 31.8 Å². The van der Waals surface area contributed by atoms with Crippen LogP contribution in [0.25, 0.3) is 0 Å². The monoisotopic (exact) mass is 523 g/mol. The Morgan fingerprint density at radius 1 is 0.865 bits per heavy atom. The van der Waals surface area contributed by atoms with Crippen molar-refractivity contribution in [1.29, 1.82) is 0 Å². The Bertz CT molecular complexity index is 969. The second-order valence-corrected chi connectivity index (χ2v) is 8.05. The lowest BCUT2D eigenvalue weighted by Crippen LogP contribution is -2.58. The Morgan fingerprint density at radius 3 is 1.97 bits per heavy atom. The number of carbonyl (C=O) groups excluding carboxylic acids is 3. The minimum Gasteiger partial charge on any atom is -0.481 e. The quantitative estimate of drug-likeness (QED) is 0.0585. The van der Waals surface area contributed by atoms with E-state index >= 15 is 0 Å². The standard InChI is InChI=1S/C22H33N7O8/c23-13(10-17(31)32)18(33)28-15(9-12-5-2-1-3-6-12)19(34)29-16(11-30)20(35)27-14(21(36)37)7-4-8-26-22(24)25/h1-3,5-6,13-16,30H,4,7-11,23H2,(H,27,35)(H,28,33)(H,29,34)(H,31,32)(H,36,37)(H4,24,25,26). The molecular formula is C22H33N7O8. The van der Waals surface area contributed by atoms with Crippen LogP contribution in [0.4, 0.5) is 0 Å². The zero-order valence-corrected chi connectivity index (χ0v) is 20.0. The van der Waals surface area contributed by atoms with Gasteiger partial charge in [0.1, 0.15) is 18.1 Å². The number of rotatable bonds is 16. The molecular weight excluding hydrogens is 490 g/mol. The van der Waals surface area contributed by atoms with Gasteiger partial charge in [0.15, 0.2) is 5.96 Å².